The molecule has 0 saturated heterocycles. The molecule has 0 saturated carbocycles. The van der Waals surface area contributed by atoms with Gasteiger partial charge < -0.3 is 23.7 Å². The first kappa shape index (κ1) is 33.4. The first-order valence-electron chi connectivity index (χ1n) is 9.29. The molecule has 204 valence electrons. The van der Waals surface area contributed by atoms with Crippen molar-refractivity contribution in [1.29, 1.82) is 0 Å². The fraction of sp³-hybridized carbons (Fsp3) is 0.300. The number of carbonyl (C=O) groups is 2. The average Bonchev–Trinajstić information content (AvgIpc) is 2.88. The second kappa shape index (κ2) is 14.2. The van der Waals surface area contributed by atoms with Crippen molar-refractivity contribution in [3.63, 3.8) is 0 Å². The highest BCUT2D eigenvalue weighted by molar-refractivity contribution is 6.56. The molecule has 2 aromatic rings. The number of carbonyl (C=O) groups excluding carboxylic acids is 2. The molecule has 2 atom stereocenters. The molecule has 2 rings (SSSR count). The van der Waals surface area contributed by atoms with Crippen LogP contribution in [-0.2, 0) is 23.8 Å². The van der Waals surface area contributed by atoms with Crippen LogP contribution in [0, 0.1) is 0 Å². The first-order valence-corrected chi connectivity index (χ1v) is 13.1. The fourth-order valence-corrected chi connectivity index (χ4v) is 5.20. The van der Waals surface area contributed by atoms with Gasteiger partial charge >= 0.3 is 11.9 Å². The van der Waals surface area contributed by atoms with Crippen LogP contribution < -0.4 is 9.47 Å². The zero-order chi connectivity index (χ0) is 28.4. The molecule has 0 N–H and O–H groups in total. The Morgan fingerprint density at radius 1 is 0.459 bits per heavy atom. The molecule has 0 bridgehead atoms. The Morgan fingerprint density at radius 3 is 0.919 bits per heavy atom. The Hall–Kier alpha value is 0.160. The van der Waals surface area contributed by atoms with Crippen LogP contribution in [0.15, 0.2) is 0 Å². The summed E-state index contributed by atoms with van der Waals surface area (Å²) in [6.07, 6.45) is -4.71. The molecule has 0 radical (unpaired) electrons. The van der Waals surface area contributed by atoms with E-state index >= 15 is 0 Å². The Kier molecular flexibility index (Phi) is 12.8. The third-order valence-electron chi connectivity index (χ3n) is 4.59. The minimum absolute atomic E-state index is 0.155. The number of halogens is 10. The number of hydrogen-bond acceptors (Lipinski definition) is 7. The molecular formula is C20H12Cl10O7. The lowest BCUT2D eigenvalue weighted by atomic mass is 10.1. The van der Waals surface area contributed by atoms with Crippen LogP contribution in [0.3, 0.4) is 0 Å². The van der Waals surface area contributed by atoms with E-state index in [9.17, 15) is 9.59 Å². The Balaban J connectivity index is 2.40. The van der Waals surface area contributed by atoms with Crippen LogP contribution in [0.1, 0.15) is 0 Å². The van der Waals surface area contributed by atoms with E-state index in [0.29, 0.717) is 0 Å². The summed E-state index contributed by atoms with van der Waals surface area (Å²) in [6, 6.07) is 0. The second-order valence-corrected chi connectivity index (χ2v) is 10.4. The van der Waals surface area contributed by atoms with Crippen molar-refractivity contribution in [2.45, 2.75) is 18.3 Å². The van der Waals surface area contributed by atoms with Crippen molar-refractivity contribution in [1.82, 2.24) is 0 Å². The summed E-state index contributed by atoms with van der Waals surface area (Å²) in [5.74, 6) is -3.08. The second-order valence-electron chi connectivity index (χ2n) is 6.65. The van der Waals surface area contributed by atoms with Gasteiger partial charge in [-0.2, -0.15) is 0 Å². The number of benzene rings is 2. The molecule has 17 heteroatoms. The van der Waals surface area contributed by atoms with Gasteiger partial charge in [-0.15, -0.1) is 0 Å². The van der Waals surface area contributed by atoms with Crippen molar-refractivity contribution >= 4 is 128 Å². The molecule has 7 nitrogen and oxygen atoms in total. The molecule has 0 amide bonds. The van der Waals surface area contributed by atoms with E-state index in [1.54, 1.807) is 0 Å². The van der Waals surface area contributed by atoms with Gasteiger partial charge in [-0.05, 0) is 0 Å². The minimum atomic E-state index is -1.62. The molecule has 0 aromatic heterocycles. The normalized spacial score (nSPS) is 13.0. The number of methoxy groups -OCH3 is 3. The standard InChI is InChI=1S/C20H12Cl10O7/c1-33-16(17(34-2)19(31)36-14-10(27)6(23)4(21)7(24)11(14)28)18(35-3)20(32)37-15-12(29)8(25)5(22)9(26)13(15)30/h16-18H,1-3H3/t17-,18-/m1/s1. The van der Waals surface area contributed by atoms with Crippen LogP contribution in [-0.4, -0.2) is 51.6 Å². The van der Waals surface area contributed by atoms with E-state index in [1.165, 1.54) is 0 Å². The van der Waals surface area contributed by atoms with E-state index in [-0.39, 0.29) is 50.2 Å². The molecule has 0 fully saturated rings. The van der Waals surface area contributed by atoms with Gasteiger partial charge in [0.25, 0.3) is 0 Å². The summed E-state index contributed by atoms with van der Waals surface area (Å²) < 4.78 is 26.3. The highest BCUT2D eigenvalue weighted by Gasteiger charge is 2.42. The number of esters is 2. The predicted octanol–water partition coefficient (Wildman–Crippen LogP) is 8.78. The van der Waals surface area contributed by atoms with Crippen molar-refractivity contribution in [2.24, 2.45) is 0 Å². The molecular weight excluding hydrogens is 707 g/mol. The van der Waals surface area contributed by atoms with Crippen molar-refractivity contribution in [3.8, 4) is 11.5 Å². The van der Waals surface area contributed by atoms with E-state index < -0.39 is 41.7 Å². The highest BCUT2D eigenvalue weighted by atomic mass is 35.5. The maximum absolute atomic E-state index is 13.0. The van der Waals surface area contributed by atoms with Crippen LogP contribution in [0.2, 0.25) is 50.2 Å². The topological polar surface area (TPSA) is 80.3 Å². The lowest BCUT2D eigenvalue weighted by Gasteiger charge is -2.28. The summed E-state index contributed by atoms with van der Waals surface area (Å²) in [7, 11) is 3.43. The van der Waals surface area contributed by atoms with Crippen molar-refractivity contribution in [3.05, 3.63) is 50.2 Å². The van der Waals surface area contributed by atoms with Crippen molar-refractivity contribution < 1.29 is 33.3 Å². The number of hydrogen-bond donors (Lipinski definition) is 0. The minimum Gasteiger partial charge on any atom is -0.421 e. The lowest BCUT2D eigenvalue weighted by Crippen LogP contribution is -2.51. The maximum atomic E-state index is 13.0. The fourth-order valence-electron chi connectivity index (χ4n) is 2.80. The highest BCUT2D eigenvalue weighted by Crippen LogP contribution is 2.49. The van der Waals surface area contributed by atoms with Gasteiger partial charge in [0.1, 0.15) is 26.2 Å². The SMILES string of the molecule is COC([C@@H](OC)C(=O)Oc1c(Cl)c(Cl)c(Cl)c(Cl)c1Cl)[C@@H](OC)C(=O)Oc1c(Cl)c(Cl)c(Cl)c(Cl)c1Cl. The molecule has 0 aliphatic carbocycles. The summed E-state index contributed by atoms with van der Waals surface area (Å²) in [5.41, 5.74) is 0. The zero-order valence-corrected chi connectivity index (χ0v) is 25.9. The Morgan fingerprint density at radius 2 is 0.703 bits per heavy atom. The lowest BCUT2D eigenvalue weighted by molar-refractivity contribution is -0.174. The van der Waals surface area contributed by atoms with Gasteiger partial charge in [0.15, 0.2) is 23.7 Å². The number of ether oxygens (including phenoxy) is 5. The summed E-state index contributed by atoms with van der Waals surface area (Å²) >= 11 is 60.4. The van der Waals surface area contributed by atoms with Crippen LogP contribution in [0.25, 0.3) is 0 Å². The van der Waals surface area contributed by atoms with E-state index in [0.717, 1.165) is 21.3 Å². The zero-order valence-electron chi connectivity index (χ0n) is 18.4. The van der Waals surface area contributed by atoms with Gasteiger partial charge in [-0.1, -0.05) is 116 Å². The van der Waals surface area contributed by atoms with Crippen LogP contribution in [0.4, 0.5) is 0 Å². The average molecular weight is 719 g/mol. The van der Waals surface area contributed by atoms with E-state index in [4.69, 9.17) is 140 Å². The van der Waals surface area contributed by atoms with E-state index in [1.807, 2.05) is 0 Å². The molecule has 0 unspecified atom stereocenters. The largest absolute Gasteiger partial charge is 0.421 e. The van der Waals surface area contributed by atoms with Crippen molar-refractivity contribution in [2.75, 3.05) is 21.3 Å². The molecule has 0 heterocycles. The van der Waals surface area contributed by atoms with Gasteiger partial charge in [0.2, 0.25) is 0 Å². The summed E-state index contributed by atoms with van der Waals surface area (Å²) in [5, 5.41) is -2.39. The monoisotopic (exact) mass is 714 g/mol. The van der Waals surface area contributed by atoms with Gasteiger partial charge in [-0.3, -0.25) is 0 Å². The molecule has 0 aliphatic rings. The summed E-state index contributed by atoms with van der Waals surface area (Å²) in [6.45, 7) is 0. The van der Waals surface area contributed by atoms with Gasteiger partial charge in [0, 0.05) is 21.3 Å². The van der Waals surface area contributed by atoms with Gasteiger partial charge in [-0.25, -0.2) is 9.59 Å². The molecule has 0 spiro atoms. The van der Waals surface area contributed by atoms with E-state index in [2.05, 4.69) is 0 Å². The van der Waals surface area contributed by atoms with Gasteiger partial charge in [0.05, 0.1) is 30.1 Å². The molecule has 0 aliphatic heterocycles. The van der Waals surface area contributed by atoms with Crippen LogP contribution >= 0.6 is 116 Å². The third kappa shape index (κ3) is 6.91. The maximum Gasteiger partial charge on any atom is 0.343 e. The Bertz CT molecular complexity index is 1070. The quantitative estimate of drug-likeness (QED) is 0.111. The Labute approximate surface area is 260 Å². The number of rotatable bonds is 9. The first-order chi connectivity index (χ1) is 17.2. The van der Waals surface area contributed by atoms with Crippen LogP contribution in [0.5, 0.6) is 11.5 Å². The predicted molar refractivity (Wildman–Crippen MR) is 147 cm³/mol. The molecule has 37 heavy (non-hydrogen) atoms. The third-order valence-corrected chi connectivity index (χ3v) is 9.07. The molecule has 2 aromatic carbocycles. The smallest absolute Gasteiger partial charge is 0.343 e. The summed E-state index contributed by atoms with van der Waals surface area (Å²) in [4.78, 5) is 26.1.